The Bertz CT molecular complexity index is 485. The predicted molar refractivity (Wildman–Crippen MR) is 72.0 cm³/mol. The molecular formula is C14H17ClN2O. The summed E-state index contributed by atoms with van der Waals surface area (Å²) in [5.41, 5.74) is 0.215. The zero-order valence-electron chi connectivity index (χ0n) is 11.1. The molecule has 0 N–H and O–H groups in total. The normalized spacial score (nSPS) is 12.7. The molecule has 0 heterocycles. The molecular weight excluding hydrogens is 248 g/mol. The van der Waals surface area contributed by atoms with Crippen molar-refractivity contribution in [1.82, 2.24) is 4.90 Å². The van der Waals surface area contributed by atoms with Crippen molar-refractivity contribution in [3.63, 3.8) is 0 Å². The number of carbonyl (C=O) groups is 1. The highest BCUT2D eigenvalue weighted by Crippen LogP contribution is 2.26. The van der Waals surface area contributed by atoms with E-state index < -0.39 is 11.5 Å². The van der Waals surface area contributed by atoms with Crippen LogP contribution in [0.15, 0.2) is 24.3 Å². The highest BCUT2D eigenvalue weighted by atomic mass is 35.5. The van der Waals surface area contributed by atoms with Crippen LogP contribution in [0.1, 0.15) is 32.4 Å². The molecule has 0 spiro atoms. The van der Waals surface area contributed by atoms with Crippen molar-refractivity contribution >= 4 is 17.5 Å². The van der Waals surface area contributed by atoms with Crippen LogP contribution in [0.2, 0.25) is 5.02 Å². The third-order valence-corrected chi connectivity index (χ3v) is 2.87. The summed E-state index contributed by atoms with van der Waals surface area (Å²) < 4.78 is 0. The second-order valence-electron chi connectivity index (χ2n) is 5.25. The summed E-state index contributed by atoms with van der Waals surface area (Å²) in [4.78, 5) is 13.6. The Balaban J connectivity index is 3.06. The van der Waals surface area contributed by atoms with Crippen molar-refractivity contribution < 1.29 is 4.79 Å². The minimum absolute atomic E-state index is 0.0750. The fourth-order valence-corrected chi connectivity index (χ4v) is 1.91. The fourth-order valence-electron chi connectivity index (χ4n) is 1.71. The molecule has 1 rings (SSSR count). The highest BCUT2D eigenvalue weighted by Gasteiger charge is 2.30. The van der Waals surface area contributed by atoms with Crippen LogP contribution < -0.4 is 0 Å². The van der Waals surface area contributed by atoms with E-state index in [0.29, 0.717) is 5.02 Å². The Kier molecular flexibility index (Phi) is 4.37. The van der Waals surface area contributed by atoms with Gasteiger partial charge in [0.2, 0.25) is 5.91 Å². The smallest absolute Gasteiger partial charge is 0.229 e. The quantitative estimate of drug-likeness (QED) is 0.822. The number of rotatable bonds is 2. The first-order valence-corrected chi connectivity index (χ1v) is 6.07. The highest BCUT2D eigenvalue weighted by molar-refractivity contribution is 6.30. The molecule has 0 aliphatic carbocycles. The minimum atomic E-state index is -0.615. The summed E-state index contributed by atoms with van der Waals surface area (Å²) in [7, 11) is 1.64. The summed E-state index contributed by atoms with van der Waals surface area (Å²) in [5, 5.41) is 9.83. The van der Waals surface area contributed by atoms with E-state index in [1.807, 2.05) is 20.8 Å². The minimum Gasteiger partial charge on any atom is -0.325 e. The molecule has 0 aliphatic heterocycles. The first kappa shape index (κ1) is 14.5. The van der Waals surface area contributed by atoms with Gasteiger partial charge in [0.25, 0.3) is 0 Å². The van der Waals surface area contributed by atoms with Gasteiger partial charge in [0.15, 0.2) is 0 Å². The Labute approximate surface area is 113 Å². The van der Waals surface area contributed by atoms with Gasteiger partial charge in [-0.25, -0.2) is 0 Å². The molecule has 96 valence electrons. The SMILES string of the molecule is CN(C(=O)C(C)(C)C)C(C#N)c1cccc(Cl)c1. The molecule has 18 heavy (non-hydrogen) atoms. The van der Waals surface area contributed by atoms with Crippen molar-refractivity contribution in [2.24, 2.45) is 5.41 Å². The maximum absolute atomic E-state index is 12.2. The number of benzene rings is 1. The molecule has 0 fully saturated rings. The van der Waals surface area contributed by atoms with Crippen LogP contribution >= 0.6 is 11.6 Å². The topological polar surface area (TPSA) is 44.1 Å². The molecule has 0 radical (unpaired) electrons. The molecule has 1 aromatic rings. The number of amides is 1. The van der Waals surface area contributed by atoms with Crippen molar-refractivity contribution in [3.05, 3.63) is 34.9 Å². The summed E-state index contributed by atoms with van der Waals surface area (Å²) in [5.74, 6) is -0.0750. The monoisotopic (exact) mass is 264 g/mol. The van der Waals surface area contributed by atoms with Gasteiger partial charge in [0.05, 0.1) is 6.07 Å². The van der Waals surface area contributed by atoms with Gasteiger partial charge in [-0.1, -0.05) is 44.5 Å². The Morgan fingerprint density at radius 1 is 1.44 bits per heavy atom. The lowest BCUT2D eigenvalue weighted by Crippen LogP contribution is -2.38. The summed E-state index contributed by atoms with van der Waals surface area (Å²) in [6.07, 6.45) is 0. The average molecular weight is 265 g/mol. The number of nitriles is 1. The molecule has 0 bridgehead atoms. The molecule has 0 aliphatic rings. The first-order chi connectivity index (χ1) is 8.27. The van der Waals surface area contributed by atoms with Gasteiger partial charge in [-0.2, -0.15) is 5.26 Å². The Hall–Kier alpha value is -1.53. The second-order valence-corrected chi connectivity index (χ2v) is 5.69. The van der Waals surface area contributed by atoms with E-state index >= 15 is 0 Å². The van der Waals surface area contributed by atoms with Gasteiger partial charge in [-0.05, 0) is 17.7 Å². The number of carbonyl (C=O) groups excluding carboxylic acids is 1. The van der Waals surface area contributed by atoms with Crippen LogP contribution in [-0.4, -0.2) is 17.9 Å². The third kappa shape index (κ3) is 3.24. The maximum atomic E-state index is 12.2. The van der Waals surface area contributed by atoms with E-state index in [1.54, 1.807) is 31.3 Å². The largest absolute Gasteiger partial charge is 0.325 e. The summed E-state index contributed by atoms with van der Waals surface area (Å²) in [6.45, 7) is 5.49. The number of nitrogens with zero attached hydrogens (tertiary/aromatic N) is 2. The van der Waals surface area contributed by atoms with Gasteiger partial charge in [0.1, 0.15) is 6.04 Å². The zero-order valence-corrected chi connectivity index (χ0v) is 11.8. The van der Waals surface area contributed by atoms with E-state index in [9.17, 15) is 10.1 Å². The zero-order chi connectivity index (χ0) is 13.9. The average Bonchev–Trinajstić information content (AvgIpc) is 2.27. The van der Waals surface area contributed by atoms with Gasteiger partial charge in [-0.15, -0.1) is 0 Å². The maximum Gasteiger partial charge on any atom is 0.229 e. The van der Waals surface area contributed by atoms with Crippen molar-refractivity contribution in [1.29, 1.82) is 5.26 Å². The number of halogens is 1. The van der Waals surface area contributed by atoms with Gasteiger partial charge in [0, 0.05) is 17.5 Å². The number of hydrogen-bond acceptors (Lipinski definition) is 2. The summed E-state index contributed by atoms with van der Waals surface area (Å²) >= 11 is 5.91. The van der Waals surface area contributed by atoms with Crippen LogP contribution in [0.5, 0.6) is 0 Å². The Morgan fingerprint density at radius 2 is 2.06 bits per heavy atom. The van der Waals surface area contributed by atoms with E-state index in [0.717, 1.165) is 5.56 Å². The Morgan fingerprint density at radius 3 is 2.50 bits per heavy atom. The molecule has 0 saturated carbocycles. The van der Waals surface area contributed by atoms with Crippen LogP contribution in [0.4, 0.5) is 0 Å². The molecule has 1 unspecified atom stereocenters. The molecule has 4 heteroatoms. The van der Waals surface area contributed by atoms with E-state index in [-0.39, 0.29) is 5.91 Å². The van der Waals surface area contributed by atoms with Crippen LogP contribution in [0.25, 0.3) is 0 Å². The van der Waals surface area contributed by atoms with E-state index in [4.69, 9.17) is 11.6 Å². The van der Waals surface area contributed by atoms with Crippen molar-refractivity contribution in [2.75, 3.05) is 7.05 Å². The van der Waals surface area contributed by atoms with Crippen molar-refractivity contribution in [3.8, 4) is 6.07 Å². The third-order valence-electron chi connectivity index (χ3n) is 2.64. The van der Waals surface area contributed by atoms with E-state index in [1.165, 1.54) is 4.90 Å². The van der Waals surface area contributed by atoms with Gasteiger partial charge < -0.3 is 4.90 Å². The van der Waals surface area contributed by atoms with E-state index in [2.05, 4.69) is 6.07 Å². The number of hydrogen-bond donors (Lipinski definition) is 0. The van der Waals surface area contributed by atoms with Crippen LogP contribution in [0.3, 0.4) is 0 Å². The molecule has 1 amide bonds. The standard InChI is InChI=1S/C14H17ClN2O/c1-14(2,3)13(18)17(4)12(9-16)10-6-5-7-11(15)8-10/h5-8,12H,1-4H3. The molecule has 0 aromatic heterocycles. The lowest BCUT2D eigenvalue weighted by Gasteiger charge is -2.29. The van der Waals surface area contributed by atoms with Gasteiger partial charge >= 0.3 is 0 Å². The van der Waals surface area contributed by atoms with Gasteiger partial charge in [-0.3, -0.25) is 4.79 Å². The van der Waals surface area contributed by atoms with Crippen LogP contribution in [0, 0.1) is 16.7 Å². The molecule has 1 aromatic carbocycles. The second kappa shape index (κ2) is 5.41. The molecule has 0 saturated heterocycles. The summed E-state index contributed by atoms with van der Waals surface area (Å²) in [6, 6.07) is 8.55. The van der Waals surface area contributed by atoms with Crippen LogP contribution in [-0.2, 0) is 4.79 Å². The first-order valence-electron chi connectivity index (χ1n) is 5.69. The fraction of sp³-hybridized carbons (Fsp3) is 0.429. The molecule has 3 nitrogen and oxygen atoms in total. The molecule has 1 atom stereocenters. The predicted octanol–water partition coefficient (Wildman–Crippen LogP) is 3.41. The van der Waals surface area contributed by atoms with Crippen molar-refractivity contribution in [2.45, 2.75) is 26.8 Å². The lowest BCUT2D eigenvalue weighted by atomic mass is 9.93. The lowest BCUT2D eigenvalue weighted by molar-refractivity contribution is -0.139.